The van der Waals surface area contributed by atoms with Gasteiger partial charge in [-0.2, -0.15) is 5.01 Å². The number of hydrogen-bond donors (Lipinski definition) is 1. The minimum Gasteiger partial charge on any atom is -0.373 e. The Balaban J connectivity index is 0.000000222. The fourth-order valence-electron chi connectivity index (χ4n) is 15.3. The van der Waals surface area contributed by atoms with Crippen LogP contribution in [-0.4, -0.2) is 132 Å². The number of carbonyl (C=O) groups is 8. The zero-order valence-corrected chi connectivity index (χ0v) is 82.1. The summed E-state index contributed by atoms with van der Waals surface area (Å²) < 4.78 is 6.44. The molecule has 5 unspecified atom stereocenters. The first-order valence-corrected chi connectivity index (χ1v) is 41.7. The van der Waals surface area contributed by atoms with Gasteiger partial charge in [-0.1, -0.05) is 145 Å². The second kappa shape index (κ2) is 47.4. The minimum absolute atomic E-state index is 0. The van der Waals surface area contributed by atoms with E-state index in [0.29, 0.717) is 88.5 Å². The molecule has 31 nitrogen and oxygen atoms in total. The minimum atomic E-state index is -0.852. The Morgan fingerprint density at radius 2 is 0.888 bits per heavy atom. The Morgan fingerprint density at radius 1 is 0.504 bits per heavy atom. The van der Waals surface area contributed by atoms with Crippen molar-refractivity contribution < 1.29 is 99.0 Å². The molecule has 9 amide bonds. The summed E-state index contributed by atoms with van der Waals surface area (Å²) in [4.78, 5) is 139. The summed E-state index contributed by atoms with van der Waals surface area (Å²) in [6.07, 6.45) is 14.5. The number of halogens is 3. The standard InChI is InChI=1S/C13H11IN2O.C13H11N5O.C13H12N2O.C12H11IN2O.C12H12N2O.C12H10N2O.C11H12BrNO.C2H5N3O2.BH.N3.Na.U/c1-15-7-3-4-11-9(5-7)8-6-10(8)12(14)13(17)16(11)2;1-15-7-3-4-11-9(5-7)8-6-10(8)12(16-17-14)13(19)18(11)2;1-14-9-3-4-12-11(7-9)10-5-8(10)6-13(16)15(12)2;1-14-9-4-6-11-8(7-9)3-5-10(13)12(16)15(11)2;2*1-13-10-6-7-11-9(8-10)4-3-5-12(15)14(11)2;1-13-10-6-5-9(12)7-8(10)3-2-4-11(13)14;1-5(4-7)2(3)6;;1-3-2;;/h3-5,8,10,12H,6H2,2H3;3-5,8,10,12H,6H2,2H3;3-4,7-8,10H,5-6H2,2H3;4,6-7,10H,3,5H2,2H3;6-8H,3-5H2,2H3;3-4,6-8H,5H2,2H3;5-7H,2-4H2,1H3;1H3,(H2,3,6);1H;;;/q;;;;;;;;;-1;+1;/t8-,10?,12+;8-,10?,12-;;;;;;;;;;/m00........../s1/i;;;;;;;;1D;;;. The van der Waals surface area contributed by atoms with E-state index in [1.165, 1.54) is 33.5 Å². The molecule has 125 heavy (non-hydrogen) atoms. The van der Waals surface area contributed by atoms with Crippen molar-refractivity contribution in [3.8, 4) is 0 Å². The van der Waals surface area contributed by atoms with Crippen LogP contribution in [0.15, 0.2) is 148 Å². The maximum absolute atomic E-state index is 12.3. The first-order valence-electron chi connectivity index (χ1n) is 39.0. The van der Waals surface area contributed by atoms with Gasteiger partial charge in [0.2, 0.25) is 41.4 Å². The number of alkyl halides is 2. The first-order chi connectivity index (χ1) is 59.3. The van der Waals surface area contributed by atoms with Crippen molar-refractivity contribution >= 4 is 197 Å². The van der Waals surface area contributed by atoms with E-state index in [1.807, 2.05) is 106 Å². The number of primary amides is 1. The van der Waals surface area contributed by atoms with Crippen molar-refractivity contribution in [2.24, 2.45) is 33.9 Å². The number of nitroso groups, excluding NO2 is 1. The molecule has 2 radical (unpaired) electrons. The Hall–Kier alpha value is -10.9. The average molecular weight is 2200 g/mol. The van der Waals surface area contributed by atoms with Gasteiger partial charge in [0.1, 0.15) is 6.04 Å². The summed E-state index contributed by atoms with van der Waals surface area (Å²) in [5.74, 6) is 3.06. The maximum Gasteiger partial charge on any atom is 1.00 e. The molecule has 0 spiro atoms. The number of amides is 9. The van der Waals surface area contributed by atoms with Gasteiger partial charge in [0.05, 0.1) is 52.6 Å². The molecule has 0 saturated heterocycles. The largest absolute Gasteiger partial charge is 1.00 e. The molecule has 7 aromatic rings. The fraction of sp³-hybridized carbons (Fsp3) is 0.341. The molecule has 9 atom stereocenters. The molecular formula is C88H85BBrI2N22NaO9U. The number of nitrogens with zero attached hydrogens (tertiary/aromatic N) is 21. The Bertz CT molecular complexity index is 5720. The molecule has 17 rings (SSSR count). The summed E-state index contributed by atoms with van der Waals surface area (Å²) >= 11 is 7.89. The number of benzene rings is 7. The van der Waals surface area contributed by atoms with Gasteiger partial charge in [0.15, 0.2) is 34.1 Å². The van der Waals surface area contributed by atoms with Gasteiger partial charge in [-0.05, 0) is 200 Å². The second-order valence-electron chi connectivity index (χ2n) is 29.8. The monoisotopic (exact) mass is 2200 g/mol. The van der Waals surface area contributed by atoms with Crippen LogP contribution in [0.3, 0.4) is 0 Å². The molecule has 3 saturated carbocycles. The van der Waals surface area contributed by atoms with E-state index in [9.17, 15) is 43.3 Å². The van der Waals surface area contributed by atoms with E-state index in [0.717, 1.165) is 124 Å². The van der Waals surface area contributed by atoms with Gasteiger partial charge < -0.3 is 51.1 Å². The van der Waals surface area contributed by atoms with Crippen molar-refractivity contribution in [1.82, 2.24) is 5.01 Å². The first kappa shape index (κ1) is 101. The van der Waals surface area contributed by atoms with E-state index in [1.54, 1.807) is 106 Å². The number of rotatable bonds is 2. The third-order valence-corrected chi connectivity index (χ3v) is 25.4. The molecule has 7 aromatic carbocycles. The Morgan fingerprint density at radius 3 is 1.36 bits per heavy atom. The molecule has 7 heterocycles. The number of carbonyl (C=O) groups excluding carboxylic acids is 8. The predicted octanol–water partition coefficient (Wildman–Crippen LogP) is 16.6. The number of likely N-dealkylation sites (N-methyl/N-ethyl adjacent to an activating group) is 1. The van der Waals surface area contributed by atoms with Gasteiger partial charge in [-0.3, -0.25) is 38.5 Å². The molecular weight excluding hydrogens is 2110 g/mol. The van der Waals surface area contributed by atoms with Crippen LogP contribution >= 0.6 is 61.1 Å². The predicted molar refractivity (Wildman–Crippen MR) is 498 cm³/mol. The van der Waals surface area contributed by atoms with Crippen molar-refractivity contribution in [3.05, 3.63) is 277 Å². The van der Waals surface area contributed by atoms with Gasteiger partial charge in [0.25, 0.3) is 0 Å². The Kier molecular flexibility index (Phi) is 38.4. The number of azide groups is 1. The fourth-order valence-corrected chi connectivity index (χ4v) is 17.6. The smallest absolute Gasteiger partial charge is 0.373 e. The van der Waals surface area contributed by atoms with Crippen molar-refractivity contribution in [1.29, 1.82) is 1.34 Å². The van der Waals surface area contributed by atoms with Crippen LogP contribution in [0.5, 0.6) is 0 Å². The molecule has 0 bridgehead atoms. The summed E-state index contributed by atoms with van der Waals surface area (Å²) in [6, 6.07) is 37.6. The SMILES string of the molecule is CN(N=O)C(N)=O.CN1C(=O)CCCc2cc(Br)ccc21.[2H][B].[C-]#[N+]c1ccc2c(c1)C1CC1CC(=O)N2C.[C-]#[N+]c1ccc2c(c1)C=CCC(=O)N2C.[C-]#[N+]c1ccc2c(c1)CCC(I)C(=O)N2C.[C-]#[N+]c1ccc2c(c1)CCCC(=O)N2C.[C-]#[N+]c1ccc2c(c1)[C@@H]1CC1[C@@H](I)C(=O)N2C.[C-]#[N+]c1ccc2c(c1)[C@@H]1CC1[C@H](N=[N+]=[N-])C(=O)N2C.[N-]=[N+]=[N-].[Na+].[U]. The molecule has 2 N–H and O–H groups in total. The van der Waals surface area contributed by atoms with E-state index in [-0.39, 0.29) is 122 Å². The second-order valence-corrected chi connectivity index (χ2v) is 33.5. The molecule has 37 heteroatoms. The van der Waals surface area contributed by atoms with Crippen molar-refractivity contribution in [3.63, 3.8) is 0 Å². The summed E-state index contributed by atoms with van der Waals surface area (Å²) in [5.41, 5.74) is 44.8. The number of fused-ring (bicyclic) bond motifs is 13. The molecule has 630 valence electrons. The molecule has 10 aliphatic rings. The maximum atomic E-state index is 12.3. The molecule has 7 aliphatic heterocycles. The molecule has 0 aromatic heterocycles. The third kappa shape index (κ3) is 25.5. The number of urea groups is 1. The van der Waals surface area contributed by atoms with Gasteiger partial charge in [-0.25, -0.2) is 33.9 Å². The van der Waals surface area contributed by atoms with Crippen LogP contribution in [0.25, 0.3) is 61.6 Å². The van der Waals surface area contributed by atoms with Gasteiger partial charge in [0, 0.05) is 171 Å². The average Bonchev–Trinajstić information content (AvgIpc) is 1.59. The van der Waals surface area contributed by atoms with Gasteiger partial charge >= 0.3 is 35.6 Å². The van der Waals surface area contributed by atoms with E-state index in [2.05, 4.69) is 126 Å². The molecule has 3 aliphatic carbocycles. The summed E-state index contributed by atoms with van der Waals surface area (Å²) in [7, 11) is 17.5. The van der Waals surface area contributed by atoms with E-state index < -0.39 is 12.1 Å². The van der Waals surface area contributed by atoms with Crippen LogP contribution in [0, 0.1) is 93.2 Å². The van der Waals surface area contributed by atoms with Crippen LogP contribution in [0.2, 0.25) is 0 Å². The number of aryl methyl sites for hydroxylation is 3. The van der Waals surface area contributed by atoms with Crippen LogP contribution in [0.4, 0.5) is 78.7 Å². The van der Waals surface area contributed by atoms with Crippen LogP contribution in [0.1, 0.15) is 121 Å². The van der Waals surface area contributed by atoms with E-state index >= 15 is 0 Å². The summed E-state index contributed by atoms with van der Waals surface area (Å²) in [5, 5.41) is 6.35. The van der Waals surface area contributed by atoms with Gasteiger partial charge in [-0.15, -0.1) is 4.91 Å². The van der Waals surface area contributed by atoms with Crippen molar-refractivity contribution in [2.45, 2.75) is 115 Å². The zero-order valence-electron chi connectivity index (χ0n) is 71.0. The van der Waals surface area contributed by atoms with Crippen molar-refractivity contribution in [2.75, 3.05) is 90.7 Å². The summed E-state index contributed by atoms with van der Waals surface area (Å²) in [6.45, 7) is 42.0. The number of anilines is 7. The molecule has 3 fully saturated rings. The quantitative estimate of drug-likeness (QED) is 0.0197. The normalized spacial score (nSPS) is 20.2. The zero-order chi connectivity index (χ0) is 91.1. The van der Waals surface area contributed by atoms with E-state index in [4.69, 9.17) is 57.4 Å². The number of hydrogen-bond acceptors (Lipinski definition) is 11. The van der Waals surface area contributed by atoms with Crippen LogP contribution < -0.4 is 69.6 Å². The third-order valence-electron chi connectivity index (χ3n) is 22.3. The Labute approximate surface area is 810 Å². The number of nitrogens with two attached hydrogens (primary N) is 1. The topological polar surface area (TPSA) is 352 Å². The van der Waals surface area contributed by atoms with Crippen LogP contribution in [-0.2, 0) is 52.8 Å².